The van der Waals surface area contributed by atoms with E-state index in [2.05, 4.69) is 36.9 Å². The molecule has 1 heteroatoms. The van der Waals surface area contributed by atoms with Crippen LogP contribution in [0, 0.1) is 29.6 Å². The van der Waals surface area contributed by atoms with Crippen LogP contribution in [0.15, 0.2) is 36.9 Å². The number of unbranched alkanes of at least 4 members (excludes halogenated alkanes) is 2. The van der Waals surface area contributed by atoms with Gasteiger partial charge in [-0.3, -0.25) is 4.39 Å². The Morgan fingerprint density at radius 2 is 1.16 bits per heavy atom. The van der Waals surface area contributed by atoms with Crippen LogP contribution in [0.25, 0.3) is 0 Å². The number of allylic oxidation sites excluding steroid dienone is 1. The summed E-state index contributed by atoms with van der Waals surface area (Å²) in [5.74, 6) is 5.66. The number of halogens is 1. The van der Waals surface area contributed by atoms with Crippen molar-refractivity contribution in [3.05, 3.63) is 48.0 Å². The van der Waals surface area contributed by atoms with Crippen LogP contribution >= 0.6 is 0 Å². The molecular weight excluding hydrogens is 391 g/mol. The van der Waals surface area contributed by atoms with Gasteiger partial charge in [-0.05, 0) is 143 Å². The quantitative estimate of drug-likeness (QED) is 0.266. The Hall–Kier alpha value is -1.11. The van der Waals surface area contributed by atoms with Crippen LogP contribution in [0.2, 0.25) is 0 Å². The summed E-state index contributed by atoms with van der Waals surface area (Å²) in [4.78, 5) is 0. The minimum absolute atomic E-state index is 0.167. The van der Waals surface area contributed by atoms with Gasteiger partial charge in [-0.1, -0.05) is 36.8 Å². The molecule has 1 aromatic rings. The zero-order chi connectivity index (χ0) is 22.2. The van der Waals surface area contributed by atoms with Crippen molar-refractivity contribution < 1.29 is 4.39 Å². The van der Waals surface area contributed by atoms with Crippen LogP contribution in [0.5, 0.6) is 0 Å². The molecule has 0 heterocycles. The summed E-state index contributed by atoms with van der Waals surface area (Å²) in [5, 5.41) is 0. The number of benzene rings is 1. The zero-order valence-electron chi connectivity index (χ0n) is 20.5. The fourth-order valence-electron chi connectivity index (χ4n) is 7.42. The molecule has 3 aliphatic rings. The van der Waals surface area contributed by atoms with E-state index in [1.807, 2.05) is 0 Å². The molecule has 0 radical (unpaired) electrons. The summed E-state index contributed by atoms with van der Waals surface area (Å²) in [6.45, 7) is 3.85. The molecule has 32 heavy (non-hydrogen) atoms. The molecule has 0 spiro atoms. The Morgan fingerprint density at radius 3 is 1.66 bits per heavy atom. The summed E-state index contributed by atoms with van der Waals surface area (Å²) in [6.07, 6.45) is 23.6. The molecule has 0 aliphatic heterocycles. The van der Waals surface area contributed by atoms with E-state index in [0.717, 1.165) is 61.2 Å². The van der Waals surface area contributed by atoms with Crippen molar-refractivity contribution in [2.24, 2.45) is 29.6 Å². The molecule has 0 bridgehead atoms. The average molecular weight is 439 g/mol. The highest BCUT2D eigenvalue weighted by molar-refractivity contribution is 5.26. The molecular formula is C31H47F. The summed E-state index contributed by atoms with van der Waals surface area (Å²) in [5.41, 5.74) is 2.99. The molecule has 178 valence electrons. The largest absolute Gasteiger partial charge is 0.251 e. The second kappa shape index (κ2) is 12.4. The predicted molar refractivity (Wildman–Crippen MR) is 136 cm³/mol. The lowest BCUT2D eigenvalue weighted by Crippen LogP contribution is -2.29. The van der Waals surface area contributed by atoms with Gasteiger partial charge in [-0.15, -0.1) is 6.58 Å². The summed E-state index contributed by atoms with van der Waals surface area (Å²) in [7, 11) is 0. The molecule has 1 aromatic carbocycles. The Bertz CT molecular complexity index is 652. The van der Waals surface area contributed by atoms with E-state index in [1.54, 1.807) is 5.56 Å². The van der Waals surface area contributed by atoms with Crippen molar-refractivity contribution in [3.63, 3.8) is 0 Å². The Balaban J connectivity index is 1.16. The number of aryl methyl sites for hydroxylation is 1. The first-order chi connectivity index (χ1) is 15.8. The average Bonchev–Trinajstić information content (AvgIpc) is 2.87. The lowest BCUT2D eigenvalue weighted by Gasteiger charge is -2.41. The molecule has 0 nitrogen and oxygen atoms in total. The van der Waals surface area contributed by atoms with Gasteiger partial charge in [0.25, 0.3) is 0 Å². The third kappa shape index (κ3) is 6.48. The van der Waals surface area contributed by atoms with Gasteiger partial charge in [-0.25, -0.2) is 0 Å². The summed E-state index contributed by atoms with van der Waals surface area (Å²) >= 11 is 0. The highest BCUT2D eigenvalue weighted by Gasteiger charge is 2.34. The molecule has 3 fully saturated rings. The minimum Gasteiger partial charge on any atom is -0.251 e. The van der Waals surface area contributed by atoms with Crippen LogP contribution in [0.1, 0.15) is 113 Å². The normalized spacial score (nSPS) is 33.7. The number of rotatable bonds is 9. The molecule has 4 rings (SSSR count). The van der Waals surface area contributed by atoms with Crippen molar-refractivity contribution in [2.45, 2.75) is 109 Å². The molecule has 0 aromatic heterocycles. The molecule has 0 atom stereocenters. The van der Waals surface area contributed by atoms with Gasteiger partial charge in [-0.2, -0.15) is 0 Å². The van der Waals surface area contributed by atoms with Gasteiger partial charge in [0.05, 0.1) is 6.67 Å². The first kappa shape index (κ1) is 24.0. The molecule has 0 amide bonds. The van der Waals surface area contributed by atoms with Gasteiger partial charge < -0.3 is 0 Å². The van der Waals surface area contributed by atoms with Gasteiger partial charge in [0, 0.05) is 0 Å². The standard InChI is InChI=1S/C31H47F/c1-2-24-7-11-26(12-8-24)28-15-19-30(20-16-28)31-21-17-29(18-22-31)27-13-9-25(10-14-27)6-4-3-5-23-32/h2,9-10,13-14,24,26,28-31H,1,3-8,11-12,15-23H2. The van der Waals surface area contributed by atoms with Crippen molar-refractivity contribution in [2.75, 3.05) is 6.67 Å². The SMILES string of the molecule is C=CC1CCC(C2CCC(C3CCC(c4ccc(CCCCCF)cc4)CC3)CC2)CC1. The Labute approximate surface area is 197 Å². The van der Waals surface area contributed by atoms with Crippen molar-refractivity contribution in [1.29, 1.82) is 0 Å². The van der Waals surface area contributed by atoms with E-state index in [9.17, 15) is 4.39 Å². The second-order valence-electron chi connectivity index (χ2n) is 11.4. The summed E-state index contributed by atoms with van der Waals surface area (Å²) < 4.78 is 12.2. The molecule has 3 saturated carbocycles. The minimum atomic E-state index is -0.167. The van der Waals surface area contributed by atoms with Crippen LogP contribution in [-0.4, -0.2) is 6.67 Å². The number of alkyl halides is 1. The van der Waals surface area contributed by atoms with Crippen LogP contribution < -0.4 is 0 Å². The van der Waals surface area contributed by atoms with Crippen LogP contribution in [0.3, 0.4) is 0 Å². The van der Waals surface area contributed by atoms with E-state index in [4.69, 9.17) is 0 Å². The molecule has 0 N–H and O–H groups in total. The number of hydrogen-bond donors (Lipinski definition) is 0. The van der Waals surface area contributed by atoms with E-state index in [-0.39, 0.29) is 6.67 Å². The Kier molecular flexibility index (Phi) is 9.30. The first-order valence-electron chi connectivity index (χ1n) is 14.0. The van der Waals surface area contributed by atoms with Gasteiger partial charge in [0.15, 0.2) is 0 Å². The first-order valence-corrected chi connectivity index (χ1v) is 14.0. The smallest absolute Gasteiger partial charge is 0.0894 e. The van der Waals surface area contributed by atoms with E-state index >= 15 is 0 Å². The second-order valence-corrected chi connectivity index (χ2v) is 11.4. The van der Waals surface area contributed by atoms with E-state index in [1.165, 1.54) is 82.6 Å². The van der Waals surface area contributed by atoms with Gasteiger partial charge >= 0.3 is 0 Å². The Morgan fingerprint density at radius 1 is 0.656 bits per heavy atom. The molecule has 0 unspecified atom stereocenters. The zero-order valence-corrected chi connectivity index (χ0v) is 20.5. The van der Waals surface area contributed by atoms with Crippen molar-refractivity contribution in [1.82, 2.24) is 0 Å². The fourth-order valence-corrected chi connectivity index (χ4v) is 7.42. The molecule has 3 aliphatic carbocycles. The number of hydrogen-bond acceptors (Lipinski definition) is 0. The molecule has 0 saturated heterocycles. The lowest BCUT2D eigenvalue weighted by molar-refractivity contribution is 0.114. The van der Waals surface area contributed by atoms with E-state index in [0.29, 0.717) is 0 Å². The van der Waals surface area contributed by atoms with Gasteiger partial charge in [0.1, 0.15) is 0 Å². The van der Waals surface area contributed by atoms with Crippen LogP contribution in [0.4, 0.5) is 4.39 Å². The maximum absolute atomic E-state index is 12.2. The monoisotopic (exact) mass is 438 g/mol. The maximum Gasteiger partial charge on any atom is 0.0894 e. The third-order valence-corrected chi connectivity index (χ3v) is 9.62. The van der Waals surface area contributed by atoms with Crippen LogP contribution in [-0.2, 0) is 6.42 Å². The van der Waals surface area contributed by atoms with Gasteiger partial charge in [0.2, 0.25) is 0 Å². The van der Waals surface area contributed by atoms with E-state index < -0.39 is 0 Å². The maximum atomic E-state index is 12.2. The highest BCUT2D eigenvalue weighted by Crippen LogP contribution is 2.47. The predicted octanol–water partition coefficient (Wildman–Crippen LogP) is 9.44. The summed E-state index contributed by atoms with van der Waals surface area (Å²) in [6, 6.07) is 9.45. The highest BCUT2D eigenvalue weighted by atomic mass is 19.1. The third-order valence-electron chi connectivity index (χ3n) is 9.62. The topological polar surface area (TPSA) is 0 Å². The lowest BCUT2D eigenvalue weighted by atomic mass is 9.64. The van der Waals surface area contributed by atoms with Crippen molar-refractivity contribution in [3.8, 4) is 0 Å². The van der Waals surface area contributed by atoms with Crippen molar-refractivity contribution >= 4 is 0 Å². The fraction of sp³-hybridized carbons (Fsp3) is 0.742.